The topological polar surface area (TPSA) is 75.7 Å². The highest BCUT2D eigenvalue weighted by Gasteiger charge is 2.29. The third kappa shape index (κ3) is 5.73. The number of hydrogen-bond acceptors (Lipinski definition) is 4. The molecule has 26 heavy (non-hydrogen) atoms. The quantitative estimate of drug-likeness (QED) is 0.770. The number of carbonyl (C=O) groups excluding carboxylic acids is 3. The summed E-state index contributed by atoms with van der Waals surface area (Å²) in [6.07, 6.45) is 3.07. The Morgan fingerprint density at radius 3 is 2.38 bits per heavy atom. The van der Waals surface area contributed by atoms with E-state index in [0.29, 0.717) is 10.6 Å². The van der Waals surface area contributed by atoms with E-state index in [-0.39, 0.29) is 43.5 Å². The number of nitrogens with zero attached hydrogens (tertiary/aromatic N) is 1. The molecule has 2 amide bonds. The summed E-state index contributed by atoms with van der Waals surface area (Å²) < 4.78 is 5.06. The smallest absolute Gasteiger partial charge is 0.308 e. The number of ether oxygens (including phenoxy) is 1. The molecule has 0 radical (unpaired) electrons. The van der Waals surface area contributed by atoms with Gasteiger partial charge in [0.2, 0.25) is 0 Å². The number of piperidine rings is 1. The predicted octanol–water partition coefficient (Wildman–Crippen LogP) is 2.79. The minimum Gasteiger partial charge on any atom is -0.456 e. The molecule has 7 heteroatoms. The van der Waals surface area contributed by atoms with E-state index in [1.807, 2.05) is 13.8 Å². The number of carbonyl (C=O) groups is 3. The van der Waals surface area contributed by atoms with Gasteiger partial charge in [-0.25, -0.2) is 0 Å². The fourth-order valence-corrected chi connectivity index (χ4v) is 3.31. The van der Waals surface area contributed by atoms with Crippen molar-refractivity contribution in [2.75, 3.05) is 13.2 Å². The molecule has 6 nitrogen and oxygen atoms in total. The van der Waals surface area contributed by atoms with Gasteiger partial charge in [-0.2, -0.15) is 0 Å². The summed E-state index contributed by atoms with van der Waals surface area (Å²) >= 11 is 5.77. The van der Waals surface area contributed by atoms with Crippen LogP contribution in [0.2, 0.25) is 5.02 Å². The van der Waals surface area contributed by atoms with Gasteiger partial charge in [0.1, 0.15) is 0 Å². The lowest BCUT2D eigenvalue weighted by Crippen LogP contribution is -2.49. The van der Waals surface area contributed by atoms with Gasteiger partial charge in [-0.1, -0.05) is 11.6 Å². The molecule has 1 aromatic rings. The van der Waals surface area contributed by atoms with Crippen LogP contribution in [0.4, 0.5) is 0 Å². The van der Waals surface area contributed by atoms with Crippen molar-refractivity contribution in [2.24, 2.45) is 0 Å². The summed E-state index contributed by atoms with van der Waals surface area (Å²) in [7, 11) is 0. The molecule has 1 aliphatic rings. The van der Waals surface area contributed by atoms with Crippen molar-refractivity contribution in [1.29, 1.82) is 0 Å². The van der Waals surface area contributed by atoms with Gasteiger partial charge in [0, 0.05) is 29.2 Å². The molecule has 1 heterocycles. The van der Waals surface area contributed by atoms with Crippen LogP contribution in [0.5, 0.6) is 0 Å². The van der Waals surface area contributed by atoms with Crippen LogP contribution in [0, 0.1) is 0 Å². The van der Waals surface area contributed by atoms with E-state index in [9.17, 15) is 14.4 Å². The Kier molecular flexibility index (Phi) is 7.45. The molecule has 1 N–H and O–H groups in total. The lowest BCUT2D eigenvalue weighted by atomic mass is 9.97. The molecule has 1 fully saturated rings. The van der Waals surface area contributed by atoms with Crippen LogP contribution in [0.25, 0.3) is 0 Å². The first kappa shape index (κ1) is 20.2. The Hall–Kier alpha value is -2.08. The largest absolute Gasteiger partial charge is 0.456 e. The van der Waals surface area contributed by atoms with E-state index in [1.165, 1.54) is 0 Å². The normalized spacial score (nSPS) is 19.7. The average Bonchev–Trinajstić information content (AvgIpc) is 2.60. The Labute approximate surface area is 158 Å². The van der Waals surface area contributed by atoms with E-state index < -0.39 is 5.97 Å². The maximum atomic E-state index is 12.3. The van der Waals surface area contributed by atoms with Crippen molar-refractivity contribution in [3.63, 3.8) is 0 Å². The first-order chi connectivity index (χ1) is 12.4. The Bertz CT molecular complexity index is 637. The van der Waals surface area contributed by atoms with Crippen molar-refractivity contribution in [3.8, 4) is 0 Å². The first-order valence-electron chi connectivity index (χ1n) is 8.89. The first-order valence-corrected chi connectivity index (χ1v) is 9.27. The summed E-state index contributed by atoms with van der Waals surface area (Å²) in [5, 5.41) is 3.18. The number of likely N-dealkylation sites (tertiary alicyclic amines) is 1. The maximum Gasteiger partial charge on any atom is 0.308 e. The van der Waals surface area contributed by atoms with Gasteiger partial charge in [-0.05, 0) is 57.4 Å². The van der Waals surface area contributed by atoms with Gasteiger partial charge < -0.3 is 15.0 Å². The SMILES string of the molecule is C[C@@H]1CCC[C@H](C)N1C(=O)COC(=O)CCNC(=O)c1ccc(Cl)cc1. The zero-order chi connectivity index (χ0) is 19.1. The molecule has 0 spiro atoms. The van der Waals surface area contributed by atoms with Crippen LogP contribution in [0.1, 0.15) is 49.9 Å². The number of benzene rings is 1. The van der Waals surface area contributed by atoms with Gasteiger partial charge >= 0.3 is 5.97 Å². The zero-order valence-electron chi connectivity index (χ0n) is 15.2. The van der Waals surface area contributed by atoms with E-state index >= 15 is 0 Å². The monoisotopic (exact) mass is 380 g/mol. The lowest BCUT2D eigenvalue weighted by molar-refractivity contribution is -0.154. The van der Waals surface area contributed by atoms with Crippen LogP contribution >= 0.6 is 11.6 Å². The third-order valence-corrected chi connectivity index (χ3v) is 4.81. The second kappa shape index (κ2) is 9.57. The van der Waals surface area contributed by atoms with Gasteiger partial charge in [0.05, 0.1) is 6.42 Å². The predicted molar refractivity (Wildman–Crippen MR) is 99.0 cm³/mol. The summed E-state index contributed by atoms with van der Waals surface area (Å²) in [6.45, 7) is 3.92. The van der Waals surface area contributed by atoms with Crippen molar-refractivity contribution in [1.82, 2.24) is 10.2 Å². The van der Waals surface area contributed by atoms with Gasteiger partial charge in [-0.15, -0.1) is 0 Å². The molecule has 0 saturated carbocycles. The fraction of sp³-hybridized carbons (Fsp3) is 0.526. The van der Waals surface area contributed by atoms with Crippen molar-refractivity contribution < 1.29 is 19.1 Å². The second-order valence-corrected chi connectivity index (χ2v) is 7.04. The van der Waals surface area contributed by atoms with E-state index in [4.69, 9.17) is 16.3 Å². The highest BCUT2D eigenvalue weighted by atomic mass is 35.5. The third-order valence-electron chi connectivity index (χ3n) is 4.56. The Morgan fingerprint density at radius 2 is 1.77 bits per heavy atom. The molecule has 142 valence electrons. The summed E-state index contributed by atoms with van der Waals surface area (Å²) in [4.78, 5) is 37.8. The summed E-state index contributed by atoms with van der Waals surface area (Å²) in [6, 6.07) is 6.80. The van der Waals surface area contributed by atoms with E-state index in [1.54, 1.807) is 29.2 Å². The molecule has 2 rings (SSSR count). The van der Waals surface area contributed by atoms with E-state index in [2.05, 4.69) is 5.32 Å². The molecule has 2 atom stereocenters. The van der Waals surface area contributed by atoms with Crippen LogP contribution < -0.4 is 5.32 Å². The van der Waals surface area contributed by atoms with E-state index in [0.717, 1.165) is 19.3 Å². The highest BCUT2D eigenvalue weighted by Crippen LogP contribution is 2.22. The fourth-order valence-electron chi connectivity index (χ4n) is 3.18. The molecular formula is C19H25ClN2O4. The van der Waals surface area contributed by atoms with Gasteiger partial charge in [-0.3, -0.25) is 14.4 Å². The molecule has 0 aromatic heterocycles. The number of halogens is 1. The van der Waals surface area contributed by atoms with Crippen LogP contribution in [-0.4, -0.2) is 47.9 Å². The van der Waals surface area contributed by atoms with Crippen molar-refractivity contribution >= 4 is 29.4 Å². The van der Waals surface area contributed by atoms with Crippen molar-refractivity contribution in [2.45, 2.75) is 51.6 Å². The molecule has 1 saturated heterocycles. The minimum atomic E-state index is -0.507. The Balaban J connectivity index is 1.69. The minimum absolute atomic E-state index is 0.0116. The molecule has 0 aliphatic carbocycles. The number of esters is 1. The standard InChI is InChI=1S/C19H25ClN2O4/c1-13-4-3-5-14(2)22(13)17(23)12-26-18(24)10-11-21-19(25)15-6-8-16(20)9-7-15/h6-9,13-14H,3-5,10-12H2,1-2H3,(H,21,25)/t13-,14+. The van der Waals surface area contributed by atoms with Gasteiger partial charge in [0.25, 0.3) is 11.8 Å². The molecular weight excluding hydrogens is 356 g/mol. The Morgan fingerprint density at radius 1 is 1.15 bits per heavy atom. The molecule has 1 aromatic carbocycles. The van der Waals surface area contributed by atoms with Crippen LogP contribution in [-0.2, 0) is 14.3 Å². The average molecular weight is 381 g/mol. The number of amides is 2. The van der Waals surface area contributed by atoms with Crippen molar-refractivity contribution in [3.05, 3.63) is 34.9 Å². The number of hydrogen-bond donors (Lipinski definition) is 1. The second-order valence-electron chi connectivity index (χ2n) is 6.60. The van der Waals surface area contributed by atoms with Gasteiger partial charge in [0.15, 0.2) is 6.61 Å². The lowest BCUT2D eigenvalue weighted by Gasteiger charge is -2.38. The number of nitrogens with one attached hydrogen (secondary N) is 1. The molecule has 1 aliphatic heterocycles. The summed E-state index contributed by atoms with van der Waals surface area (Å²) in [5.41, 5.74) is 0.464. The zero-order valence-corrected chi connectivity index (χ0v) is 15.9. The molecule has 0 unspecified atom stereocenters. The van der Waals surface area contributed by atoms with Crippen LogP contribution in [0.15, 0.2) is 24.3 Å². The molecule has 0 bridgehead atoms. The summed E-state index contributed by atoms with van der Waals surface area (Å²) in [5.74, 6) is -0.961. The van der Waals surface area contributed by atoms with Crippen LogP contribution in [0.3, 0.4) is 0 Å². The number of rotatable bonds is 6. The maximum absolute atomic E-state index is 12.3. The highest BCUT2D eigenvalue weighted by molar-refractivity contribution is 6.30.